The third-order valence-corrected chi connectivity index (χ3v) is 4.57. The van der Waals surface area contributed by atoms with Gasteiger partial charge in [0.1, 0.15) is 17.3 Å². The van der Waals surface area contributed by atoms with E-state index in [2.05, 4.69) is 21.5 Å². The first kappa shape index (κ1) is 17.4. The van der Waals surface area contributed by atoms with E-state index in [-0.39, 0.29) is 5.75 Å². The van der Waals surface area contributed by atoms with Gasteiger partial charge in [-0.1, -0.05) is 12.1 Å². The van der Waals surface area contributed by atoms with Crippen molar-refractivity contribution in [3.63, 3.8) is 0 Å². The lowest BCUT2D eigenvalue weighted by Gasteiger charge is -2.13. The molecule has 1 aromatic heterocycles. The summed E-state index contributed by atoms with van der Waals surface area (Å²) in [5, 5.41) is 14.4. The van der Waals surface area contributed by atoms with Gasteiger partial charge in [0, 0.05) is 17.7 Å². The molecular weight excluding hydrogens is 334 g/mol. The summed E-state index contributed by atoms with van der Waals surface area (Å²) in [6, 6.07) is 11.1. The summed E-state index contributed by atoms with van der Waals surface area (Å²) in [6.07, 6.45) is 2.07. The van der Waals surface area contributed by atoms with Crippen molar-refractivity contribution in [2.45, 2.75) is 6.92 Å². The minimum absolute atomic E-state index is 0.169. The second kappa shape index (κ2) is 7.61. The van der Waals surface area contributed by atoms with Gasteiger partial charge in [-0.25, -0.2) is 9.97 Å². The highest BCUT2D eigenvalue weighted by Gasteiger charge is 2.14. The lowest BCUT2D eigenvalue weighted by Crippen LogP contribution is -2.08. The zero-order valence-corrected chi connectivity index (χ0v) is 15.4. The Hall–Kier alpha value is -2.47. The molecule has 0 bridgehead atoms. The Balaban J connectivity index is 2.18. The number of phenolic OH excluding ortho intramolecular Hbond substituents is 1. The van der Waals surface area contributed by atoms with Crippen LogP contribution in [0.4, 0.5) is 5.82 Å². The molecule has 0 saturated heterocycles. The summed E-state index contributed by atoms with van der Waals surface area (Å²) in [4.78, 5) is 9.32. The van der Waals surface area contributed by atoms with Gasteiger partial charge in [0.2, 0.25) is 0 Å². The lowest BCUT2D eigenvalue weighted by atomic mass is 10.1. The number of hydrogen-bond donors (Lipinski definition) is 2. The average Bonchev–Trinajstić information content (AvgIpc) is 2.61. The molecule has 1 heterocycles. The van der Waals surface area contributed by atoms with Crippen LogP contribution in [0.1, 0.15) is 5.56 Å². The van der Waals surface area contributed by atoms with Gasteiger partial charge in [-0.15, -0.1) is 0 Å². The molecule has 0 aliphatic heterocycles. The highest BCUT2D eigenvalue weighted by atomic mass is 32.2. The van der Waals surface area contributed by atoms with Crippen LogP contribution in [0.2, 0.25) is 0 Å². The highest BCUT2D eigenvalue weighted by Crippen LogP contribution is 2.33. The molecule has 0 spiro atoms. The Labute approximate surface area is 151 Å². The van der Waals surface area contributed by atoms with Gasteiger partial charge in [0.05, 0.1) is 18.2 Å². The Kier molecular flexibility index (Phi) is 5.28. The standard InChI is InChI=1S/C19H21N3O2S/c1-12-10-15-14(11-17(12)24-2)18(20-8-9-25-3)22-19(21-15)13-6-4-5-7-16(13)23/h4-7,10-11,23H,8-9H2,1-3H3,(H,20,21,22). The number of aromatic nitrogens is 2. The van der Waals surface area contributed by atoms with Crippen LogP contribution in [0.25, 0.3) is 22.3 Å². The number of ether oxygens (including phenoxy) is 1. The Morgan fingerprint density at radius 2 is 2.00 bits per heavy atom. The van der Waals surface area contributed by atoms with Crippen molar-refractivity contribution in [3.8, 4) is 22.9 Å². The molecule has 3 aromatic rings. The molecule has 130 valence electrons. The monoisotopic (exact) mass is 355 g/mol. The van der Waals surface area contributed by atoms with Crippen LogP contribution in [0.5, 0.6) is 11.5 Å². The molecule has 0 atom stereocenters. The predicted molar refractivity (Wildman–Crippen MR) is 105 cm³/mol. The summed E-state index contributed by atoms with van der Waals surface area (Å²) < 4.78 is 5.44. The van der Waals surface area contributed by atoms with E-state index in [0.717, 1.165) is 40.3 Å². The highest BCUT2D eigenvalue weighted by molar-refractivity contribution is 7.98. The van der Waals surface area contributed by atoms with Crippen LogP contribution in [-0.2, 0) is 0 Å². The van der Waals surface area contributed by atoms with Crippen molar-refractivity contribution in [2.75, 3.05) is 31.0 Å². The SMILES string of the molecule is COc1cc2c(NCCSC)nc(-c3ccccc3O)nc2cc1C. The molecule has 6 heteroatoms. The van der Waals surface area contributed by atoms with Crippen LogP contribution >= 0.6 is 11.8 Å². The first-order valence-corrected chi connectivity index (χ1v) is 9.41. The molecule has 0 unspecified atom stereocenters. The second-order valence-electron chi connectivity index (χ2n) is 5.67. The van der Waals surface area contributed by atoms with Crippen LogP contribution in [0.3, 0.4) is 0 Å². The molecule has 0 amide bonds. The van der Waals surface area contributed by atoms with Crippen molar-refractivity contribution in [1.82, 2.24) is 9.97 Å². The Bertz CT molecular complexity index is 899. The van der Waals surface area contributed by atoms with Gasteiger partial charge in [-0.05, 0) is 43.0 Å². The summed E-state index contributed by atoms with van der Waals surface area (Å²) in [6.45, 7) is 2.78. The molecule has 0 fully saturated rings. The van der Waals surface area contributed by atoms with E-state index in [9.17, 15) is 5.11 Å². The van der Waals surface area contributed by atoms with Crippen LogP contribution in [0, 0.1) is 6.92 Å². The number of methoxy groups -OCH3 is 1. The minimum atomic E-state index is 0.169. The summed E-state index contributed by atoms with van der Waals surface area (Å²) in [5.41, 5.74) is 2.44. The van der Waals surface area contributed by atoms with E-state index in [4.69, 9.17) is 4.74 Å². The number of hydrogen-bond acceptors (Lipinski definition) is 6. The maximum atomic E-state index is 10.2. The van der Waals surface area contributed by atoms with E-state index in [0.29, 0.717) is 11.4 Å². The number of nitrogens with one attached hydrogen (secondary N) is 1. The van der Waals surface area contributed by atoms with Crippen LogP contribution in [0.15, 0.2) is 36.4 Å². The first-order valence-electron chi connectivity index (χ1n) is 8.01. The average molecular weight is 355 g/mol. The number of anilines is 1. The largest absolute Gasteiger partial charge is 0.507 e. The van der Waals surface area contributed by atoms with E-state index >= 15 is 0 Å². The van der Waals surface area contributed by atoms with Gasteiger partial charge in [-0.2, -0.15) is 11.8 Å². The quantitative estimate of drug-likeness (QED) is 0.649. The first-order chi connectivity index (χ1) is 12.1. The molecule has 0 radical (unpaired) electrons. The Morgan fingerprint density at radius 3 is 2.72 bits per heavy atom. The minimum Gasteiger partial charge on any atom is -0.507 e. The van der Waals surface area contributed by atoms with Crippen molar-refractivity contribution in [2.24, 2.45) is 0 Å². The second-order valence-corrected chi connectivity index (χ2v) is 6.66. The van der Waals surface area contributed by atoms with Gasteiger partial charge < -0.3 is 15.2 Å². The molecule has 2 N–H and O–H groups in total. The molecule has 5 nitrogen and oxygen atoms in total. The number of fused-ring (bicyclic) bond motifs is 1. The number of aryl methyl sites for hydroxylation is 1. The lowest BCUT2D eigenvalue weighted by molar-refractivity contribution is 0.412. The van der Waals surface area contributed by atoms with Crippen molar-refractivity contribution < 1.29 is 9.84 Å². The van der Waals surface area contributed by atoms with Gasteiger partial charge >= 0.3 is 0 Å². The van der Waals surface area contributed by atoms with E-state index in [1.54, 1.807) is 31.0 Å². The number of thioether (sulfide) groups is 1. The smallest absolute Gasteiger partial charge is 0.165 e. The number of nitrogens with zero attached hydrogens (tertiary/aromatic N) is 2. The molecule has 25 heavy (non-hydrogen) atoms. The number of benzene rings is 2. The Morgan fingerprint density at radius 1 is 1.20 bits per heavy atom. The van der Waals surface area contributed by atoms with Crippen molar-refractivity contribution in [3.05, 3.63) is 42.0 Å². The summed E-state index contributed by atoms with van der Waals surface area (Å²) in [5.74, 6) is 3.19. The summed E-state index contributed by atoms with van der Waals surface area (Å²) >= 11 is 1.77. The van der Waals surface area contributed by atoms with E-state index < -0.39 is 0 Å². The number of para-hydroxylation sites is 1. The van der Waals surface area contributed by atoms with E-state index in [1.165, 1.54) is 0 Å². The topological polar surface area (TPSA) is 67.3 Å². The molecule has 0 saturated carbocycles. The fourth-order valence-corrected chi connectivity index (χ4v) is 2.98. The van der Waals surface area contributed by atoms with Crippen LogP contribution < -0.4 is 10.1 Å². The third kappa shape index (κ3) is 3.64. The van der Waals surface area contributed by atoms with Crippen molar-refractivity contribution >= 4 is 28.5 Å². The third-order valence-electron chi connectivity index (χ3n) is 3.96. The zero-order chi connectivity index (χ0) is 17.8. The normalized spacial score (nSPS) is 10.8. The van der Waals surface area contributed by atoms with Gasteiger partial charge in [0.25, 0.3) is 0 Å². The summed E-state index contributed by atoms with van der Waals surface area (Å²) in [7, 11) is 1.66. The van der Waals surface area contributed by atoms with Crippen LogP contribution in [-0.4, -0.2) is 40.7 Å². The number of aromatic hydroxyl groups is 1. The molecular formula is C19H21N3O2S. The predicted octanol–water partition coefficient (Wildman–Crippen LogP) is 4.09. The zero-order valence-electron chi connectivity index (χ0n) is 14.5. The maximum Gasteiger partial charge on any atom is 0.165 e. The number of phenols is 1. The van der Waals surface area contributed by atoms with Gasteiger partial charge in [-0.3, -0.25) is 0 Å². The number of rotatable bonds is 6. The fourth-order valence-electron chi connectivity index (χ4n) is 2.67. The fraction of sp³-hybridized carbons (Fsp3) is 0.263. The molecule has 3 rings (SSSR count). The van der Waals surface area contributed by atoms with E-state index in [1.807, 2.05) is 31.2 Å². The van der Waals surface area contributed by atoms with Gasteiger partial charge in [0.15, 0.2) is 5.82 Å². The maximum absolute atomic E-state index is 10.2. The molecule has 0 aliphatic carbocycles. The van der Waals surface area contributed by atoms with Crippen molar-refractivity contribution in [1.29, 1.82) is 0 Å². The molecule has 0 aliphatic rings. The molecule has 2 aromatic carbocycles.